The number of carbonyl (C=O) groups is 1. The van der Waals surface area contributed by atoms with Gasteiger partial charge in [0.25, 0.3) is 0 Å². The van der Waals surface area contributed by atoms with Crippen LogP contribution in [0.25, 0.3) is 0 Å². The zero-order chi connectivity index (χ0) is 11.1. The number of ether oxygens (including phenoxy) is 1. The highest BCUT2D eigenvalue weighted by Gasteiger charge is 2.09. The molecule has 2 nitrogen and oxygen atoms in total. The van der Waals surface area contributed by atoms with E-state index in [1.807, 2.05) is 18.2 Å². The average molecular weight is 217 g/mol. The molecule has 85 valence electrons. The number of hydrogen-bond acceptors (Lipinski definition) is 2. The second-order valence-corrected chi connectivity index (χ2v) is 3.79. The van der Waals surface area contributed by atoms with E-state index in [0.717, 1.165) is 12.8 Å². The summed E-state index contributed by atoms with van der Waals surface area (Å²) >= 11 is 0. The molecule has 0 spiro atoms. The van der Waals surface area contributed by atoms with Crippen molar-refractivity contribution in [1.29, 1.82) is 0 Å². The molecule has 0 aliphatic carbocycles. The maximum Gasteiger partial charge on any atom is 0.132 e. The first-order chi connectivity index (χ1) is 7.22. The first-order valence-corrected chi connectivity index (χ1v) is 5.28. The first-order valence-electron chi connectivity index (χ1n) is 5.28. The molecule has 3 heteroatoms. The van der Waals surface area contributed by atoms with E-state index >= 15 is 0 Å². The van der Waals surface area contributed by atoms with Crippen LogP contribution in [-0.2, 0) is 16.0 Å². The summed E-state index contributed by atoms with van der Waals surface area (Å²) in [5.41, 5.74) is 1.29. The molecule has 0 aliphatic heterocycles. The molecule has 1 aromatic carbocycles. The van der Waals surface area contributed by atoms with Crippen molar-refractivity contribution in [2.24, 2.45) is 0 Å². The van der Waals surface area contributed by atoms with Crippen LogP contribution in [-0.4, -0.2) is 27.4 Å². The first kappa shape index (κ1) is 14.9. The van der Waals surface area contributed by atoms with Crippen molar-refractivity contribution in [2.75, 3.05) is 7.11 Å². The number of aryl methyl sites for hydroxylation is 1. The lowest BCUT2D eigenvalue weighted by atomic mass is 10.0. The van der Waals surface area contributed by atoms with Crippen molar-refractivity contribution in [2.45, 2.75) is 32.3 Å². The molecular weight excluding hydrogens is 199 g/mol. The Morgan fingerprint density at radius 3 is 2.44 bits per heavy atom. The Balaban J connectivity index is 0.00000225. The highest BCUT2D eigenvalue weighted by Crippen LogP contribution is 2.09. The third-order valence-electron chi connectivity index (χ3n) is 2.45. The van der Waals surface area contributed by atoms with E-state index < -0.39 is 0 Å². The summed E-state index contributed by atoms with van der Waals surface area (Å²) in [7, 11) is 1.67. The zero-order valence-electron chi connectivity index (χ0n) is 9.98. The lowest BCUT2D eigenvalue weighted by Crippen LogP contribution is -2.15. The van der Waals surface area contributed by atoms with Gasteiger partial charge >= 0.3 is 0 Å². The molecule has 1 atom stereocenters. The van der Waals surface area contributed by atoms with E-state index in [1.165, 1.54) is 5.56 Å². The van der Waals surface area contributed by atoms with Gasteiger partial charge in [-0.2, -0.15) is 0 Å². The van der Waals surface area contributed by atoms with Crippen molar-refractivity contribution >= 4 is 14.2 Å². The maximum atomic E-state index is 10.9. The third-order valence-corrected chi connectivity index (χ3v) is 2.45. The number of Topliss-reactive ketones (excluding diaryl/α,β-unsaturated/α-hetero) is 1. The normalized spacial score (nSPS) is 11.6. The highest BCUT2D eigenvalue weighted by atomic mass is 16.5. The van der Waals surface area contributed by atoms with Crippen LogP contribution in [0, 0.1) is 0 Å². The monoisotopic (exact) mass is 217 g/mol. The van der Waals surface area contributed by atoms with E-state index in [-0.39, 0.29) is 20.3 Å². The van der Waals surface area contributed by atoms with Crippen molar-refractivity contribution in [3.05, 3.63) is 35.9 Å². The minimum atomic E-state index is 0. The zero-order valence-corrected chi connectivity index (χ0v) is 9.98. The second kappa shape index (κ2) is 8.11. The predicted molar refractivity (Wildman–Crippen MR) is 66.6 cm³/mol. The molecular formula is C13H18BO2. The fourth-order valence-electron chi connectivity index (χ4n) is 1.60. The number of carbonyl (C=O) groups excluding carboxylic acids is 1. The van der Waals surface area contributed by atoms with E-state index in [2.05, 4.69) is 12.1 Å². The van der Waals surface area contributed by atoms with Gasteiger partial charge in [0.1, 0.15) is 5.78 Å². The number of ketones is 1. The van der Waals surface area contributed by atoms with Gasteiger partial charge in [-0.15, -0.1) is 0 Å². The molecule has 1 unspecified atom stereocenters. The Hall–Kier alpha value is -1.09. The molecule has 0 fully saturated rings. The van der Waals surface area contributed by atoms with E-state index in [1.54, 1.807) is 14.0 Å². The summed E-state index contributed by atoms with van der Waals surface area (Å²) in [6, 6.07) is 10.3. The van der Waals surface area contributed by atoms with Gasteiger partial charge in [0.15, 0.2) is 0 Å². The SMILES string of the molecule is COC(CCc1ccccc1)CC(C)=O.[B]. The molecule has 1 rings (SSSR count). The van der Waals surface area contributed by atoms with Gasteiger partial charge in [0.05, 0.1) is 6.10 Å². The van der Waals surface area contributed by atoms with Crippen molar-refractivity contribution < 1.29 is 9.53 Å². The van der Waals surface area contributed by atoms with Crippen LogP contribution in [0.4, 0.5) is 0 Å². The Morgan fingerprint density at radius 1 is 1.31 bits per heavy atom. The topological polar surface area (TPSA) is 26.3 Å². The van der Waals surface area contributed by atoms with Gasteiger partial charge in [-0.25, -0.2) is 0 Å². The van der Waals surface area contributed by atoms with Gasteiger partial charge in [0.2, 0.25) is 0 Å². The summed E-state index contributed by atoms with van der Waals surface area (Å²) < 4.78 is 5.26. The summed E-state index contributed by atoms with van der Waals surface area (Å²) in [6.45, 7) is 1.61. The molecule has 0 heterocycles. The highest BCUT2D eigenvalue weighted by molar-refractivity contribution is 5.76. The van der Waals surface area contributed by atoms with E-state index in [9.17, 15) is 4.79 Å². The minimum Gasteiger partial charge on any atom is -0.381 e. The molecule has 0 amide bonds. The maximum absolute atomic E-state index is 10.9. The van der Waals surface area contributed by atoms with Crippen LogP contribution >= 0.6 is 0 Å². The standard InChI is InChI=1S/C13H18O2.B/c1-11(14)10-13(15-2)9-8-12-6-4-3-5-7-12;/h3-7,13H,8-10H2,1-2H3;. The van der Waals surface area contributed by atoms with Gasteiger partial charge < -0.3 is 4.74 Å². The van der Waals surface area contributed by atoms with Gasteiger partial charge in [-0.05, 0) is 25.3 Å². The molecule has 3 radical (unpaired) electrons. The fraction of sp³-hybridized carbons (Fsp3) is 0.462. The number of benzene rings is 1. The molecule has 0 aromatic heterocycles. The molecule has 0 N–H and O–H groups in total. The van der Waals surface area contributed by atoms with Crippen molar-refractivity contribution in [3.63, 3.8) is 0 Å². The lowest BCUT2D eigenvalue weighted by Gasteiger charge is -2.13. The van der Waals surface area contributed by atoms with Crippen LogP contribution in [0.1, 0.15) is 25.3 Å². The Bertz CT molecular complexity index is 298. The van der Waals surface area contributed by atoms with Crippen LogP contribution in [0.15, 0.2) is 30.3 Å². The van der Waals surface area contributed by atoms with E-state index in [4.69, 9.17) is 4.74 Å². The molecule has 16 heavy (non-hydrogen) atoms. The molecule has 0 bridgehead atoms. The fourth-order valence-corrected chi connectivity index (χ4v) is 1.60. The summed E-state index contributed by atoms with van der Waals surface area (Å²) in [5.74, 6) is 0.190. The Labute approximate surface area is 99.6 Å². The van der Waals surface area contributed by atoms with Crippen molar-refractivity contribution in [3.8, 4) is 0 Å². The van der Waals surface area contributed by atoms with Crippen molar-refractivity contribution in [1.82, 2.24) is 0 Å². The minimum absolute atomic E-state index is 0. The smallest absolute Gasteiger partial charge is 0.132 e. The van der Waals surface area contributed by atoms with E-state index in [0.29, 0.717) is 6.42 Å². The molecule has 0 aliphatic rings. The average Bonchev–Trinajstić information content (AvgIpc) is 2.25. The molecule has 0 saturated heterocycles. The summed E-state index contributed by atoms with van der Waals surface area (Å²) in [4.78, 5) is 10.9. The predicted octanol–water partition coefficient (Wildman–Crippen LogP) is 2.23. The largest absolute Gasteiger partial charge is 0.381 e. The summed E-state index contributed by atoms with van der Waals surface area (Å²) in [6.07, 6.45) is 2.44. The number of hydrogen-bond donors (Lipinski definition) is 0. The second-order valence-electron chi connectivity index (χ2n) is 3.79. The summed E-state index contributed by atoms with van der Waals surface area (Å²) in [5, 5.41) is 0. The van der Waals surface area contributed by atoms with Crippen LogP contribution < -0.4 is 0 Å². The molecule has 1 aromatic rings. The Morgan fingerprint density at radius 2 is 1.94 bits per heavy atom. The van der Waals surface area contributed by atoms with Gasteiger partial charge in [-0.3, -0.25) is 4.79 Å². The van der Waals surface area contributed by atoms with Gasteiger partial charge in [0, 0.05) is 21.9 Å². The lowest BCUT2D eigenvalue weighted by molar-refractivity contribution is -0.119. The van der Waals surface area contributed by atoms with Crippen LogP contribution in [0.5, 0.6) is 0 Å². The van der Waals surface area contributed by atoms with Crippen LogP contribution in [0.3, 0.4) is 0 Å². The third kappa shape index (κ3) is 5.71. The van der Waals surface area contributed by atoms with Crippen LogP contribution in [0.2, 0.25) is 0 Å². The number of rotatable bonds is 6. The van der Waals surface area contributed by atoms with Gasteiger partial charge in [-0.1, -0.05) is 30.3 Å². The quantitative estimate of drug-likeness (QED) is 0.683. The molecule has 0 saturated carbocycles. The number of methoxy groups -OCH3 is 1. The Kier molecular flexibility index (Phi) is 7.56.